The van der Waals surface area contributed by atoms with E-state index in [4.69, 9.17) is 4.74 Å². The predicted octanol–water partition coefficient (Wildman–Crippen LogP) is 3.46. The highest BCUT2D eigenvalue weighted by molar-refractivity contribution is 5.89. The van der Waals surface area contributed by atoms with E-state index in [1.807, 2.05) is 48.5 Å². The molecule has 0 radical (unpaired) electrons. The predicted molar refractivity (Wildman–Crippen MR) is 104 cm³/mol. The molecule has 2 aromatic rings. The number of hydrogen-bond donors (Lipinski definition) is 1. The summed E-state index contributed by atoms with van der Waals surface area (Å²) in [5, 5.41) is 0. The van der Waals surface area contributed by atoms with E-state index in [1.165, 1.54) is 0 Å². The van der Waals surface area contributed by atoms with Gasteiger partial charge in [0.1, 0.15) is 0 Å². The zero-order valence-corrected chi connectivity index (χ0v) is 16.2. The summed E-state index contributed by atoms with van der Waals surface area (Å²) in [6.45, 7) is 10.0. The molecule has 0 amide bonds. The number of piperidine rings is 1. The Bertz CT molecular complexity index is 728. The smallest absolute Gasteiger partial charge is 0.339 e. The molecule has 1 fully saturated rings. The highest BCUT2D eigenvalue weighted by Gasteiger charge is 2.50. The van der Waals surface area contributed by atoms with Gasteiger partial charge in [-0.05, 0) is 38.5 Å². The molecule has 1 saturated heterocycles. The van der Waals surface area contributed by atoms with Gasteiger partial charge in [0.15, 0.2) is 5.60 Å². The van der Waals surface area contributed by atoms with Crippen molar-refractivity contribution < 1.29 is 14.4 Å². The van der Waals surface area contributed by atoms with Crippen LogP contribution in [0, 0.1) is 5.92 Å². The molecule has 0 spiro atoms. The Labute approximate surface area is 157 Å². The number of quaternary nitrogens is 1. The number of nitrogens with one attached hydrogen (secondary N) is 1. The van der Waals surface area contributed by atoms with Crippen LogP contribution in [0.3, 0.4) is 0 Å². The molecule has 2 aromatic carbocycles. The highest BCUT2D eigenvalue weighted by atomic mass is 16.6. The lowest BCUT2D eigenvalue weighted by atomic mass is 9.73. The van der Waals surface area contributed by atoms with Gasteiger partial charge in [-0.3, -0.25) is 0 Å². The molecule has 4 atom stereocenters. The van der Waals surface area contributed by atoms with Crippen molar-refractivity contribution in [2.24, 2.45) is 5.92 Å². The minimum absolute atomic E-state index is 0.235. The third kappa shape index (κ3) is 3.54. The summed E-state index contributed by atoms with van der Waals surface area (Å²) in [6.07, 6.45) is 0.838. The van der Waals surface area contributed by atoms with Gasteiger partial charge in [0.25, 0.3) is 0 Å². The summed E-state index contributed by atoms with van der Waals surface area (Å²) >= 11 is 0. The molecule has 3 heteroatoms. The molecule has 1 aliphatic rings. The van der Waals surface area contributed by atoms with Gasteiger partial charge in [0, 0.05) is 12.3 Å². The molecular formula is C23H30NO2+. The number of likely N-dealkylation sites (tertiary alicyclic amines) is 1. The van der Waals surface area contributed by atoms with Crippen LogP contribution >= 0.6 is 0 Å². The lowest BCUT2D eigenvalue weighted by Gasteiger charge is -2.48. The first-order valence-electron chi connectivity index (χ1n) is 9.63. The van der Waals surface area contributed by atoms with Gasteiger partial charge < -0.3 is 9.64 Å². The Balaban J connectivity index is 1.97. The van der Waals surface area contributed by atoms with Crippen LogP contribution in [0.1, 0.15) is 50.0 Å². The zero-order valence-electron chi connectivity index (χ0n) is 16.2. The van der Waals surface area contributed by atoms with Gasteiger partial charge in [0.05, 0.1) is 24.2 Å². The van der Waals surface area contributed by atoms with Crippen LogP contribution in [0.2, 0.25) is 0 Å². The van der Waals surface area contributed by atoms with Crippen LogP contribution in [0.25, 0.3) is 0 Å². The van der Waals surface area contributed by atoms with Gasteiger partial charge >= 0.3 is 5.97 Å². The molecule has 1 N–H and O–H groups in total. The number of esters is 1. The van der Waals surface area contributed by atoms with Gasteiger partial charge in [-0.2, -0.15) is 0 Å². The van der Waals surface area contributed by atoms with Crippen LogP contribution in [-0.4, -0.2) is 24.6 Å². The van der Waals surface area contributed by atoms with Crippen LogP contribution in [0.15, 0.2) is 60.7 Å². The van der Waals surface area contributed by atoms with Crippen molar-refractivity contribution in [3.05, 3.63) is 71.8 Å². The number of hydrogen-bond acceptors (Lipinski definition) is 2. The first-order chi connectivity index (χ1) is 12.4. The van der Waals surface area contributed by atoms with Gasteiger partial charge in [-0.25, -0.2) is 4.79 Å². The quantitative estimate of drug-likeness (QED) is 0.854. The summed E-state index contributed by atoms with van der Waals surface area (Å²) in [5.74, 6) is 0.00709. The molecule has 0 saturated carbocycles. The molecule has 0 bridgehead atoms. The number of rotatable bonds is 4. The van der Waals surface area contributed by atoms with E-state index in [2.05, 4.69) is 39.8 Å². The average Bonchev–Trinajstić information content (AvgIpc) is 2.65. The van der Waals surface area contributed by atoms with E-state index in [1.54, 1.807) is 4.90 Å². The molecule has 1 heterocycles. The molecule has 3 nitrogen and oxygen atoms in total. The fraction of sp³-hybridized carbons (Fsp3) is 0.435. The Morgan fingerprint density at radius 3 is 2.19 bits per heavy atom. The molecule has 26 heavy (non-hydrogen) atoms. The van der Waals surface area contributed by atoms with Crippen molar-refractivity contribution in [3.8, 4) is 0 Å². The third-order valence-electron chi connectivity index (χ3n) is 5.87. The number of carbonyl (C=O) groups is 1. The van der Waals surface area contributed by atoms with E-state index < -0.39 is 5.60 Å². The maximum Gasteiger partial charge on any atom is 0.339 e. The van der Waals surface area contributed by atoms with Gasteiger partial charge in [0.2, 0.25) is 0 Å². The SMILES string of the molecule is CC(C)[NH+]1C[C@@H](C)[C@@](OC(=O)c2ccccc2)(c2ccccc2)C[C@@H]1C. The van der Waals surface area contributed by atoms with Crippen LogP contribution in [0.5, 0.6) is 0 Å². The van der Waals surface area contributed by atoms with Crippen molar-refractivity contribution in [1.82, 2.24) is 0 Å². The number of carbonyl (C=O) groups excluding carboxylic acids is 1. The Morgan fingerprint density at radius 2 is 1.62 bits per heavy atom. The lowest BCUT2D eigenvalue weighted by Crippen LogP contribution is -3.20. The summed E-state index contributed by atoms with van der Waals surface area (Å²) in [5.41, 5.74) is 1.14. The van der Waals surface area contributed by atoms with E-state index in [9.17, 15) is 4.79 Å². The maximum absolute atomic E-state index is 12.9. The Morgan fingerprint density at radius 1 is 1.04 bits per heavy atom. The normalized spacial score (nSPS) is 28.7. The minimum atomic E-state index is -0.577. The largest absolute Gasteiger partial charge is 0.450 e. The first kappa shape index (κ1) is 18.7. The number of benzene rings is 2. The summed E-state index contributed by atoms with van der Waals surface area (Å²) in [4.78, 5) is 14.5. The van der Waals surface area contributed by atoms with Crippen molar-refractivity contribution >= 4 is 5.97 Å². The fourth-order valence-electron chi connectivity index (χ4n) is 4.43. The standard InChI is InChI=1S/C23H29NO2/c1-17(2)24-16-18(3)23(15-19(24)4,21-13-9-6-10-14-21)26-22(25)20-11-7-5-8-12-20/h5-14,17-19H,15-16H2,1-4H3/p+1/t18-,19+,23-/m1/s1. The molecule has 138 valence electrons. The van der Waals surface area contributed by atoms with Crippen molar-refractivity contribution in [2.75, 3.05) is 6.54 Å². The topological polar surface area (TPSA) is 30.7 Å². The Hall–Kier alpha value is -2.13. The Kier molecular flexibility index (Phi) is 5.47. The summed E-state index contributed by atoms with van der Waals surface area (Å²) < 4.78 is 6.31. The molecular weight excluding hydrogens is 322 g/mol. The minimum Gasteiger partial charge on any atom is -0.450 e. The van der Waals surface area contributed by atoms with Crippen molar-refractivity contribution in [3.63, 3.8) is 0 Å². The molecule has 0 aromatic heterocycles. The first-order valence-corrected chi connectivity index (χ1v) is 9.63. The molecule has 1 aliphatic heterocycles. The van der Waals surface area contributed by atoms with Gasteiger partial charge in [-0.15, -0.1) is 0 Å². The molecule has 0 aliphatic carbocycles. The fourth-order valence-corrected chi connectivity index (χ4v) is 4.43. The van der Waals surface area contributed by atoms with Crippen LogP contribution < -0.4 is 4.90 Å². The van der Waals surface area contributed by atoms with Crippen molar-refractivity contribution in [2.45, 2.75) is 51.8 Å². The van der Waals surface area contributed by atoms with E-state index in [0.717, 1.165) is 18.5 Å². The third-order valence-corrected chi connectivity index (χ3v) is 5.87. The highest BCUT2D eigenvalue weighted by Crippen LogP contribution is 2.40. The van der Waals surface area contributed by atoms with Crippen LogP contribution in [-0.2, 0) is 10.3 Å². The second kappa shape index (κ2) is 7.63. The van der Waals surface area contributed by atoms with E-state index in [-0.39, 0.29) is 11.9 Å². The van der Waals surface area contributed by atoms with Crippen LogP contribution in [0.4, 0.5) is 0 Å². The van der Waals surface area contributed by atoms with E-state index in [0.29, 0.717) is 17.6 Å². The monoisotopic (exact) mass is 352 g/mol. The van der Waals surface area contributed by atoms with Gasteiger partial charge in [-0.1, -0.05) is 55.5 Å². The summed E-state index contributed by atoms with van der Waals surface area (Å²) in [7, 11) is 0. The zero-order chi connectivity index (χ0) is 18.7. The maximum atomic E-state index is 12.9. The average molecular weight is 352 g/mol. The summed E-state index contributed by atoms with van der Waals surface area (Å²) in [6, 6.07) is 20.6. The van der Waals surface area contributed by atoms with Crippen molar-refractivity contribution in [1.29, 1.82) is 0 Å². The van der Waals surface area contributed by atoms with E-state index >= 15 is 0 Å². The number of ether oxygens (including phenoxy) is 1. The second-order valence-corrected chi connectivity index (χ2v) is 7.95. The molecule has 3 rings (SSSR count). The lowest BCUT2D eigenvalue weighted by molar-refractivity contribution is -0.955. The second-order valence-electron chi connectivity index (χ2n) is 7.95. The molecule has 1 unspecified atom stereocenters.